The maximum absolute atomic E-state index is 11.8. The lowest BCUT2D eigenvalue weighted by Gasteiger charge is -2.30. The molecule has 7 heteroatoms. The highest BCUT2D eigenvalue weighted by Gasteiger charge is 2.29. The number of benzene rings is 2. The van der Waals surface area contributed by atoms with Gasteiger partial charge in [-0.25, -0.2) is 4.79 Å². The van der Waals surface area contributed by atoms with Crippen LogP contribution in [0, 0.1) is 0 Å². The highest BCUT2D eigenvalue weighted by atomic mass is 31.1. The van der Waals surface area contributed by atoms with Gasteiger partial charge >= 0.3 is 5.97 Å². The molecule has 3 rings (SSSR count). The van der Waals surface area contributed by atoms with Crippen molar-refractivity contribution in [3.8, 4) is 0 Å². The van der Waals surface area contributed by atoms with E-state index < -0.39 is 20.1 Å². The van der Waals surface area contributed by atoms with E-state index in [-0.39, 0.29) is 11.6 Å². The van der Waals surface area contributed by atoms with E-state index in [1.807, 2.05) is 30.3 Å². The third-order valence-electron chi connectivity index (χ3n) is 4.62. The van der Waals surface area contributed by atoms with E-state index in [2.05, 4.69) is 5.32 Å². The van der Waals surface area contributed by atoms with Gasteiger partial charge in [-0.3, -0.25) is 0 Å². The van der Waals surface area contributed by atoms with Crippen LogP contribution in [0.2, 0.25) is 0 Å². The van der Waals surface area contributed by atoms with Crippen molar-refractivity contribution < 1.29 is 24.4 Å². The molecule has 3 N–H and O–H groups in total. The first-order valence-electron chi connectivity index (χ1n) is 8.76. The second-order valence-corrected chi connectivity index (χ2v) is 7.68. The number of carbonyl (C=O) groups is 1. The molecule has 0 radical (unpaired) electrons. The molecular weight excluding hydrogens is 365 g/mol. The molecule has 1 heterocycles. The Balaban J connectivity index is 1.57. The quantitative estimate of drug-likeness (QED) is 0.647. The second-order valence-electron chi connectivity index (χ2n) is 6.56. The molecule has 2 aromatic rings. The van der Waals surface area contributed by atoms with E-state index in [1.165, 1.54) is 0 Å². The van der Waals surface area contributed by atoms with E-state index in [9.17, 15) is 14.6 Å². The highest BCUT2D eigenvalue weighted by molar-refractivity contribution is 7.46. The van der Waals surface area contributed by atoms with Gasteiger partial charge < -0.3 is 20.1 Å². The van der Waals surface area contributed by atoms with Gasteiger partial charge in [0, 0.05) is 19.0 Å². The summed E-state index contributed by atoms with van der Waals surface area (Å²) >= 11 is 0. The van der Waals surface area contributed by atoms with Crippen molar-refractivity contribution in [1.82, 2.24) is 5.32 Å². The predicted octanol–water partition coefficient (Wildman–Crippen LogP) is 1.36. The van der Waals surface area contributed by atoms with Gasteiger partial charge in [-0.2, -0.15) is 4.89 Å². The summed E-state index contributed by atoms with van der Waals surface area (Å²) in [5.74, 6) is -0.942. The minimum Gasteiger partial charge on any atom is -0.603 e. The Hall–Kier alpha value is -2.08. The molecule has 6 nitrogen and oxygen atoms in total. The van der Waals surface area contributed by atoms with Crippen LogP contribution in [-0.2, 0) is 17.6 Å². The van der Waals surface area contributed by atoms with Crippen molar-refractivity contribution >= 4 is 19.3 Å². The average molecular weight is 387 g/mol. The Labute approximate surface area is 159 Å². The molecule has 1 aliphatic heterocycles. The van der Waals surface area contributed by atoms with Gasteiger partial charge in [0.2, 0.25) is 8.00 Å². The topological polar surface area (TPSA) is 102 Å². The van der Waals surface area contributed by atoms with Crippen LogP contribution in [0.25, 0.3) is 0 Å². The number of hydrogen-bond acceptors (Lipinski definition) is 5. The summed E-state index contributed by atoms with van der Waals surface area (Å²) in [4.78, 5) is 32.4. The Morgan fingerprint density at radius 1 is 1.15 bits per heavy atom. The summed E-state index contributed by atoms with van der Waals surface area (Å²) in [5, 5.41) is 12.8. The summed E-state index contributed by atoms with van der Waals surface area (Å²) in [6.45, 7) is 0.897. The number of aromatic carboxylic acids is 1. The van der Waals surface area contributed by atoms with Gasteiger partial charge in [0.05, 0.1) is 12.2 Å². The normalized spacial score (nSPS) is 20.8. The number of carboxylic acids is 1. The van der Waals surface area contributed by atoms with Crippen LogP contribution in [0.4, 0.5) is 0 Å². The van der Waals surface area contributed by atoms with Crippen molar-refractivity contribution in [2.75, 3.05) is 13.2 Å². The molecule has 1 unspecified atom stereocenters. The Morgan fingerprint density at radius 2 is 1.85 bits per heavy atom. The van der Waals surface area contributed by atoms with Crippen LogP contribution in [0.3, 0.4) is 0 Å². The molecule has 0 saturated carbocycles. The van der Waals surface area contributed by atoms with Crippen molar-refractivity contribution in [1.29, 1.82) is 0 Å². The van der Waals surface area contributed by atoms with E-state index in [0.717, 1.165) is 11.1 Å². The number of ether oxygens (including phenoxy) is 1. The minimum atomic E-state index is -2.44. The standard InChI is InChI=1S/C20H22NO5P/c22-20(23)16-8-6-15(7-9-16)10-17-13-26-18(12-21-17)19(27(24)25)11-14-4-2-1-3-5-14/h1-9,17-18,21H,10-13H2,(H,22,23)(H,24,25)/t17-,18-/m1/s1. The molecule has 0 spiro atoms. The van der Waals surface area contributed by atoms with Gasteiger partial charge in [-0.05, 0) is 29.7 Å². The summed E-state index contributed by atoms with van der Waals surface area (Å²) in [6, 6.07) is 16.4. The van der Waals surface area contributed by atoms with E-state index in [1.54, 1.807) is 24.3 Å². The number of morpholine rings is 1. The first kappa shape index (κ1) is 19.7. The van der Waals surface area contributed by atoms with Crippen molar-refractivity contribution in [2.24, 2.45) is 0 Å². The smallest absolute Gasteiger partial charge is 0.335 e. The maximum atomic E-state index is 11.8. The Bertz CT molecular complexity index is 795. The van der Waals surface area contributed by atoms with E-state index >= 15 is 0 Å². The van der Waals surface area contributed by atoms with E-state index in [0.29, 0.717) is 31.3 Å². The second kappa shape index (κ2) is 9.22. The van der Waals surface area contributed by atoms with Gasteiger partial charge in [-0.15, -0.1) is 0 Å². The fourth-order valence-corrected chi connectivity index (χ4v) is 3.88. The first-order valence-corrected chi connectivity index (χ1v) is 9.97. The molecule has 0 aliphatic carbocycles. The maximum Gasteiger partial charge on any atom is 0.335 e. The summed E-state index contributed by atoms with van der Waals surface area (Å²) in [5.41, 5.74) is 2.26. The van der Waals surface area contributed by atoms with Crippen molar-refractivity contribution in [3.05, 3.63) is 71.3 Å². The zero-order valence-corrected chi connectivity index (χ0v) is 15.6. The summed E-state index contributed by atoms with van der Waals surface area (Å²) in [7, 11) is -2.44. The molecule has 3 atom stereocenters. The molecule has 142 valence electrons. The van der Waals surface area contributed by atoms with Crippen molar-refractivity contribution in [2.45, 2.75) is 25.0 Å². The molecule has 2 aromatic carbocycles. The lowest BCUT2D eigenvalue weighted by molar-refractivity contribution is -0.168. The number of carboxylic acid groups (broad SMARTS) is 1. The minimum absolute atomic E-state index is 0.0754. The van der Waals surface area contributed by atoms with Crippen LogP contribution < -0.4 is 10.2 Å². The van der Waals surface area contributed by atoms with Crippen LogP contribution in [0.1, 0.15) is 21.5 Å². The Morgan fingerprint density at radius 3 is 2.41 bits per heavy atom. The number of hydrogen-bond donors (Lipinski definition) is 3. The monoisotopic (exact) mass is 387 g/mol. The zero-order chi connectivity index (χ0) is 19.2. The fraction of sp³-hybridized carbons (Fsp3) is 0.300. The predicted molar refractivity (Wildman–Crippen MR) is 103 cm³/mol. The van der Waals surface area contributed by atoms with E-state index in [4.69, 9.17) is 9.84 Å². The number of nitrogens with one attached hydrogen (secondary N) is 1. The van der Waals surface area contributed by atoms with Crippen LogP contribution in [-0.4, -0.2) is 46.6 Å². The first-order chi connectivity index (χ1) is 13.0. The summed E-state index contributed by atoms with van der Waals surface area (Å²) < 4.78 is 5.88. The average Bonchev–Trinajstić information content (AvgIpc) is 2.68. The molecule has 1 fully saturated rings. The summed E-state index contributed by atoms with van der Waals surface area (Å²) in [6.07, 6.45) is 0.719. The molecular formula is C20H22NO5P. The van der Waals surface area contributed by atoms with Gasteiger partial charge in [0.25, 0.3) is 0 Å². The van der Waals surface area contributed by atoms with Gasteiger partial charge in [-0.1, -0.05) is 42.5 Å². The van der Waals surface area contributed by atoms with Crippen LogP contribution in [0.15, 0.2) is 54.6 Å². The fourth-order valence-electron chi connectivity index (χ4n) is 3.15. The zero-order valence-electron chi connectivity index (χ0n) is 14.7. The molecule has 0 bridgehead atoms. The Kier molecular flexibility index (Phi) is 6.72. The molecule has 27 heavy (non-hydrogen) atoms. The third-order valence-corrected chi connectivity index (χ3v) is 5.56. The van der Waals surface area contributed by atoms with Crippen LogP contribution in [0.5, 0.6) is 0 Å². The van der Waals surface area contributed by atoms with Gasteiger partial charge in [0.1, 0.15) is 6.10 Å². The van der Waals surface area contributed by atoms with Gasteiger partial charge in [0.15, 0.2) is 5.29 Å². The SMILES string of the molecule is O=C(O)c1ccc(C[C@@H]2CO[C@@H](C(Cc3ccccc3)=[P+]([O-])O)CN2)cc1. The molecule has 1 saturated heterocycles. The van der Waals surface area contributed by atoms with Crippen molar-refractivity contribution in [3.63, 3.8) is 0 Å². The number of rotatable bonds is 6. The largest absolute Gasteiger partial charge is 0.603 e. The highest BCUT2D eigenvalue weighted by Crippen LogP contribution is 2.19. The lowest BCUT2D eigenvalue weighted by atomic mass is 10.0. The third kappa shape index (κ3) is 5.45. The molecule has 1 aliphatic rings. The van der Waals surface area contributed by atoms with Crippen LogP contribution >= 0.6 is 8.00 Å². The molecule has 0 amide bonds. The lowest BCUT2D eigenvalue weighted by Crippen LogP contribution is -2.50. The molecule has 0 aromatic heterocycles.